The topological polar surface area (TPSA) is 55.1 Å². The standard InChI is InChI=1S/C17H16N2O2/c1-12-4-3-9-19-17(12)20-10-15-14(13-7-8-13)5-2-6-16(15)21-11-18/h2-6,9,13H,7-8,10H2,1H3. The van der Waals surface area contributed by atoms with Gasteiger partial charge >= 0.3 is 0 Å². The highest BCUT2D eigenvalue weighted by Gasteiger charge is 2.27. The van der Waals surface area contributed by atoms with E-state index in [0.29, 0.717) is 24.2 Å². The molecule has 3 rings (SSSR count). The van der Waals surface area contributed by atoms with Crippen LogP contribution in [0.3, 0.4) is 0 Å². The van der Waals surface area contributed by atoms with Crippen LogP contribution in [-0.4, -0.2) is 4.98 Å². The Morgan fingerprint density at radius 2 is 2.14 bits per heavy atom. The summed E-state index contributed by atoms with van der Waals surface area (Å²) in [5, 5.41) is 8.79. The largest absolute Gasteiger partial charge is 0.472 e. The molecule has 0 N–H and O–H groups in total. The number of nitriles is 1. The summed E-state index contributed by atoms with van der Waals surface area (Å²) in [4.78, 5) is 4.23. The van der Waals surface area contributed by atoms with Crippen LogP contribution in [0.1, 0.15) is 35.4 Å². The molecular formula is C17H16N2O2. The summed E-state index contributed by atoms with van der Waals surface area (Å²) < 4.78 is 10.9. The lowest BCUT2D eigenvalue weighted by molar-refractivity contribution is 0.286. The highest BCUT2D eigenvalue weighted by Crippen LogP contribution is 2.43. The van der Waals surface area contributed by atoms with Gasteiger partial charge in [-0.05, 0) is 43.4 Å². The van der Waals surface area contributed by atoms with E-state index in [1.807, 2.05) is 25.1 Å². The molecule has 1 aromatic heterocycles. The minimum absolute atomic E-state index is 0.363. The first-order chi connectivity index (χ1) is 10.3. The van der Waals surface area contributed by atoms with Crippen molar-refractivity contribution in [2.24, 2.45) is 0 Å². The number of pyridine rings is 1. The number of benzene rings is 1. The van der Waals surface area contributed by atoms with Gasteiger partial charge in [0.15, 0.2) is 0 Å². The summed E-state index contributed by atoms with van der Waals surface area (Å²) in [5.41, 5.74) is 3.16. The average molecular weight is 280 g/mol. The van der Waals surface area contributed by atoms with E-state index in [4.69, 9.17) is 14.7 Å². The van der Waals surface area contributed by atoms with Gasteiger partial charge in [0.25, 0.3) is 6.26 Å². The Hall–Kier alpha value is -2.54. The summed E-state index contributed by atoms with van der Waals surface area (Å²) in [6, 6.07) is 9.66. The molecule has 1 fully saturated rings. The van der Waals surface area contributed by atoms with Gasteiger partial charge in [0.05, 0.1) is 0 Å². The van der Waals surface area contributed by atoms with Crippen molar-refractivity contribution in [2.75, 3.05) is 0 Å². The molecule has 0 bridgehead atoms. The van der Waals surface area contributed by atoms with Crippen molar-refractivity contribution in [3.05, 3.63) is 53.2 Å². The van der Waals surface area contributed by atoms with Crippen molar-refractivity contribution in [1.29, 1.82) is 5.26 Å². The quantitative estimate of drug-likeness (QED) is 0.783. The number of hydrogen-bond acceptors (Lipinski definition) is 4. The molecule has 1 heterocycles. The number of ether oxygens (including phenoxy) is 2. The summed E-state index contributed by atoms with van der Waals surface area (Å²) >= 11 is 0. The molecule has 4 nitrogen and oxygen atoms in total. The molecule has 4 heteroatoms. The normalized spacial score (nSPS) is 13.5. The second-order valence-corrected chi connectivity index (χ2v) is 5.21. The van der Waals surface area contributed by atoms with Gasteiger partial charge in [0.2, 0.25) is 5.88 Å². The zero-order valence-corrected chi connectivity index (χ0v) is 11.9. The third-order valence-electron chi connectivity index (χ3n) is 3.66. The van der Waals surface area contributed by atoms with Gasteiger partial charge < -0.3 is 9.47 Å². The van der Waals surface area contributed by atoms with Crippen LogP contribution in [-0.2, 0) is 6.61 Å². The lowest BCUT2D eigenvalue weighted by atomic mass is 10.0. The van der Waals surface area contributed by atoms with Crippen molar-refractivity contribution < 1.29 is 9.47 Å². The molecule has 21 heavy (non-hydrogen) atoms. The average Bonchev–Trinajstić information content (AvgIpc) is 3.32. The van der Waals surface area contributed by atoms with E-state index < -0.39 is 0 Å². The van der Waals surface area contributed by atoms with E-state index in [2.05, 4.69) is 11.1 Å². The third kappa shape index (κ3) is 2.97. The second kappa shape index (κ2) is 5.84. The predicted octanol–water partition coefficient (Wildman–Crippen LogP) is 3.71. The number of aryl methyl sites for hydroxylation is 1. The van der Waals surface area contributed by atoms with Crippen LogP contribution in [0.15, 0.2) is 36.5 Å². The van der Waals surface area contributed by atoms with Crippen LogP contribution in [0.2, 0.25) is 0 Å². The first-order valence-electron chi connectivity index (χ1n) is 7.01. The highest BCUT2D eigenvalue weighted by molar-refractivity contribution is 5.44. The SMILES string of the molecule is Cc1cccnc1OCc1c(OC#N)cccc1C1CC1. The molecule has 106 valence electrons. The molecule has 1 aromatic carbocycles. The fourth-order valence-corrected chi connectivity index (χ4v) is 2.42. The Balaban J connectivity index is 1.86. The van der Waals surface area contributed by atoms with E-state index in [1.54, 1.807) is 18.5 Å². The van der Waals surface area contributed by atoms with E-state index in [1.165, 1.54) is 18.4 Å². The molecule has 0 saturated heterocycles. The fraction of sp³-hybridized carbons (Fsp3) is 0.294. The monoisotopic (exact) mass is 280 g/mol. The van der Waals surface area contributed by atoms with Gasteiger partial charge in [-0.3, -0.25) is 0 Å². The molecule has 1 aliphatic rings. The van der Waals surface area contributed by atoms with Crippen LogP contribution < -0.4 is 9.47 Å². The van der Waals surface area contributed by atoms with Crippen LogP contribution in [0.4, 0.5) is 0 Å². The Labute approximate surface area is 124 Å². The molecule has 0 spiro atoms. The smallest absolute Gasteiger partial charge is 0.292 e. The van der Waals surface area contributed by atoms with Gasteiger partial charge in [-0.2, -0.15) is 0 Å². The lowest BCUT2D eigenvalue weighted by Crippen LogP contribution is -2.04. The Morgan fingerprint density at radius 3 is 2.86 bits per heavy atom. The summed E-state index contributed by atoms with van der Waals surface area (Å²) in [7, 11) is 0. The zero-order chi connectivity index (χ0) is 14.7. The minimum atomic E-state index is 0.363. The van der Waals surface area contributed by atoms with Crippen molar-refractivity contribution in [3.8, 4) is 17.9 Å². The van der Waals surface area contributed by atoms with Crippen molar-refractivity contribution in [3.63, 3.8) is 0 Å². The first kappa shape index (κ1) is 13.4. The minimum Gasteiger partial charge on any atom is -0.472 e. The molecular weight excluding hydrogens is 264 g/mol. The molecule has 0 aliphatic heterocycles. The number of rotatable bonds is 5. The maximum absolute atomic E-state index is 8.79. The lowest BCUT2D eigenvalue weighted by Gasteiger charge is -2.13. The first-order valence-corrected chi connectivity index (χ1v) is 7.01. The summed E-state index contributed by atoms with van der Waals surface area (Å²) in [6.07, 6.45) is 5.83. The van der Waals surface area contributed by atoms with Crippen LogP contribution in [0.5, 0.6) is 11.6 Å². The second-order valence-electron chi connectivity index (χ2n) is 5.21. The number of hydrogen-bond donors (Lipinski definition) is 0. The predicted molar refractivity (Wildman–Crippen MR) is 78.0 cm³/mol. The molecule has 1 aliphatic carbocycles. The maximum atomic E-state index is 8.79. The summed E-state index contributed by atoms with van der Waals surface area (Å²) in [6.45, 7) is 2.32. The Morgan fingerprint density at radius 1 is 1.29 bits per heavy atom. The molecule has 0 unspecified atom stereocenters. The molecule has 1 saturated carbocycles. The van der Waals surface area contributed by atoms with Crippen molar-refractivity contribution >= 4 is 0 Å². The maximum Gasteiger partial charge on any atom is 0.292 e. The van der Waals surface area contributed by atoms with E-state index in [9.17, 15) is 0 Å². The van der Waals surface area contributed by atoms with Gasteiger partial charge in [-0.1, -0.05) is 18.2 Å². The Kier molecular flexibility index (Phi) is 3.74. The van der Waals surface area contributed by atoms with Crippen LogP contribution >= 0.6 is 0 Å². The summed E-state index contributed by atoms with van der Waals surface area (Å²) in [5.74, 6) is 1.76. The third-order valence-corrected chi connectivity index (χ3v) is 3.66. The van der Waals surface area contributed by atoms with Crippen LogP contribution in [0, 0.1) is 18.4 Å². The van der Waals surface area contributed by atoms with E-state index in [0.717, 1.165) is 11.1 Å². The van der Waals surface area contributed by atoms with E-state index >= 15 is 0 Å². The van der Waals surface area contributed by atoms with Gasteiger partial charge in [0.1, 0.15) is 12.4 Å². The highest BCUT2D eigenvalue weighted by atomic mass is 16.5. The van der Waals surface area contributed by atoms with Gasteiger partial charge in [-0.15, -0.1) is 5.26 Å². The van der Waals surface area contributed by atoms with Crippen molar-refractivity contribution in [2.45, 2.75) is 32.3 Å². The van der Waals surface area contributed by atoms with Crippen molar-refractivity contribution in [1.82, 2.24) is 4.98 Å². The Bertz CT molecular complexity index is 687. The molecule has 2 aromatic rings. The number of nitrogens with zero attached hydrogens (tertiary/aromatic N) is 2. The van der Waals surface area contributed by atoms with E-state index in [-0.39, 0.29) is 0 Å². The van der Waals surface area contributed by atoms with Gasteiger partial charge in [0, 0.05) is 17.3 Å². The fourth-order valence-electron chi connectivity index (χ4n) is 2.42. The zero-order valence-electron chi connectivity index (χ0n) is 11.9. The van der Waals surface area contributed by atoms with Crippen LogP contribution in [0.25, 0.3) is 0 Å². The molecule has 0 amide bonds. The van der Waals surface area contributed by atoms with Gasteiger partial charge in [-0.25, -0.2) is 4.98 Å². The number of aromatic nitrogens is 1. The molecule has 0 atom stereocenters. The molecule has 0 radical (unpaired) electrons.